The Kier molecular flexibility index (Phi) is 8.98. The smallest absolute Gasteiger partial charge is 0.543 e. The predicted octanol–water partition coefficient (Wildman–Crippen LogP) is -2.19. The number of thioether (sulfide) groups is 1. The number of aromatic nitrogens is 2. The molecule has 3 N–H and O–H groups in total. The van der Waals surface area contributed by atoms with Crippen LogP contribution in [0.25, 0.3) is 6.08 Å². The quantitative estimate of drug-likeness (QED) is 0.154. The number of carboxylic acids is 1. The summed E-state index contributed by atoms with van der Waals surface area (Å²) in [5.74, 6) is -1.99. The van der Waals surface area contributed by atoms with Crippen molar-refractivity contribution < 1.29 is 58.4 Å². The second-order valence-electron chi connectivity index (χ2n) is 8.75. The average Bonchev–Trinajstić information content (AvgIpc) is 3.64. The minimum Gasteiger partial charge on any atom is -0.543 e. The first-order chi connectivity index (χ1) is 17.8. The number of allylic oxidation sites excluding steroid dienone is 1. The molecule has 1 saturated heterocycles. The molecule has 38 heavy (non-hydrogen) atoms. The van der Waals surface area contributed by atoms with E-state index in [-0.39, 0.29) is 63.6 Å². The van der Waals surface area contributed by atoms with Crippen LogP contribution in [0.2, 0.25) is 0 Å². The molecule has 2 aromatic heterocycles. The van der Waals surface area contributed by atoms with E-state index in [0.717, 1.165) is 41.9 Å². The first-order valence-corrected chi connectivity index (χ1v) is 13.5. The van der Waals surface area contributed by atoms with E-state index in [1.165, 1.54) is 11.8 Å². The van der Waals surface area contributed by atoms with Crippen LogP contribution in [0.4, 0.5) is 5.13 Å². The van der Waals surface area contributed by atoms with Crippen molar-refractivity contribution in [2.24, 2.45) is 5.16 Å². The van der Waals surface area contributed by atoms with Crippen LogP contribution in [0.1, 0.15) is 42.8 Å². The Labute approximate surface area is 248 Å². The van der Waals surface area contributed by atoms with Crippen LogP contribution < -0.4 is 45.7 Å². The van der Waals surface area contributed by atoms with Gasteiger partial charge >= 0.3 is 29.6 Å². The van der Waals surface area contributed by atoms with Crippen LogP contribution in [0.5, 0.6) is 0 Å². The fourth-order valence-corrected chi connectivity index (χ4v) is 6.20. The molecule has 12 nitrogen and oxygen atoms in total. The SMILES string of the molecule is Cc1cc(/C=C\C2=C(C(=O)[O-])N3C(=O)[C@@H](NC(=O)/C(=N\OC4CCCC4)c4csc(N)n4)[C@H]3SC2)on1.[Na+]. The number of nitrogens with one attached hydrogen (secondary N) is 1. The summed E-state index contributed by atoms with van der Waals surface area (Å²) in [6, 6.07) is 0.738. The number of anilines is 1. The van der Waals surface area contributed by atoms with Crippen molar-refractivity contribution in [2.45, 2.75) is 50.1 Å². The fraction of sp³-hybridized carbons (Fsp3) is 0.391. The molecule has 0 bridgehead atoms. The molecule has 4 heterocycles. The number of oxime groups is 1. The van der Waals surface area contributed by atoms with E-state index in [9.17, 15) is 19.5 Å². The zero-order chi connectivity index (χ0) is 26.1. The van der Waals surface area contributed by atoms with Gasteiger partial charge in [-0.25, -0.2) is 4.98 Å². The largest absolute Gasteiger partial charge is 1.00 e. The van der Waals surface area contributed by atoms with Gasteiger partial charge in [0, 0.05) is 17.2 Å². The third-order valence-electron chi connectivity index (χ3n) is 6.15. The molecule has 2 atom stereocenters. The Morgan fingerprint density at radius 3 is 2.74 bits per heavy atom. The maximum atomic E-state index is 13.2. The first-order valence-electron chi connectivity index (χ1n) is 11.6. The molecule has 5 rings (SSSR count). The van der Waals surface area contributed by atoms with Crippen molar-refractivity contribution in [1.82, 2.24) is 20.4 Å². The summed E-state index contributed by atoms with van der Waals surface area (Å²) in [5, 5.41) is 23.7. The van der Waals surface area contributed by atoms with Crippen LogP contribution in [-0.4, -0.2) is 61.8 Å². The third kappa shape index (κ3) is 5.83. The van der Waals surface area contributed by atoms with Crippen molar-refractivity contribution in [3.05, 3.63) is 45.9 Å². The summed E-state index contributed by atoms with van der Waals surface area (Å²) in [6.45, 7) is 1.77. The number of hydrogen-bond donors (Lipinski definition) is 2. The van der Waals surface area contributed by atoms with Gasteiger partial charge in [0.15, 0.2) is 16.6 Å². The number of carboxylic acid groups (broad SMARTS) is 1. The van der Waals surface area contributed by atoms with E-state index < -0.39 is 29.2 Å². The minimum absolute atomic E-state index is 0. The van der Waals surface area contributed by atoms with Crippen LogP contribution in [0.3, 0.4) is 0 Å². The van der Waals surface area contributed by atoms with Gasteiger partial charge in [-0.3, -0.25) is 14.5 Å². The van der Waals surface area contributed by atoms with E-state index in [2.05, 4.69) is 20.6 Å². The molecule has 0 radical (unpaired) electrons. The second-order valence-corrected chi connectivity index (χ2v) is 10.7. The van der Waals surface area contributed by atoms with Crippen LogP contribution in [0, 0.1) is 6.92 Å². The van der Waals surface area contributed by atoms with Gasteiger partial charge in [0.1, 0.15) is 23.2 Å². The molecule has 0 aromatic carbocycles. The molecule has 2 fully saturated rings. The van der Waals surface area contributed by atoms with Gasteiger partial charge in [-0.1, -0.05) is 16.4 Å². The zero-order valence-corrected chi connectivity index (χ0v) is 24.3. The Morgan fingerprint density at radius 2 is 2.11 bits per heavy atom. The molecule has 2 aliphatic heterocycles. The van der Waals surface area contributed by atoms with Crippen molar-refractivity contribution >= 4 is 57.8 Å². The number of thiazole rings is 1. The summed E-state index contributed by atoms with van der Waals surface area (Å²) >= 11 is 2.47. The summed E-state index contributed by atoms with van der Waals surface area (Å²) in [6.07, 6.45) is 6.80. The van der Waals surface area contributed by atoms with E-state index in [1.54, 1.807) is 30.5 Å². The summed E-state index contributed by atoms with van der Waals surface area (Å²) < 4.78 is 5.12. The molecule has 3 aliphatic rings. The number of hydrogen-bond acceptors (Lipinski definition) is 12. The van der Waals surface area contributed by atoms with Gasteiger partial charge in [-0.2, -0.15) is 0 Å². The van der Waals surface area contributed by atoms with Gasteiger partial charge in [-0.15, -0.1) is 23.1 Å². The number of aliphatic carboxylic acids is 1. The van der Waals surface area contributed by atoms with E-state index in [4.69, 9.17) is 15.1 Å². The van der Waals surface area contributed by atoms with Crippen molar-refractivity contribution in [2.75, 3.05) is 11.5 Å². The first kappa shape index (κ1) is 28.4. The topological polar surface area (TPSA) is 176 Å². The Bertz CT molecular complexity index is 1330. The van der Waals surface area contributed by atoms with Crippen molar-refractivity contribution in [1.29, 1.82) is 0 Å². The van der Waals surface area contributed by atoms with Gasteiger partial charge in [-0.05, 0) is 44.3 Å². The number of carbonyl (C=O) groups excluding carboxylic acids is 3. The summed E-state index contributed by atoms with van der Waals surface area (Å²) in [5.41, 5.74) is 6.72. The molecule has 1 saturated carbocycles. The molecule has 0 unspecified atom stereocenters. The number of nitrogens with zero attached hydrogens (tertiary/aromatic N) is 4. The number of fused-ring (bicyclic) bond motifs is 1. The molecule has 2 amide bonds. The standard InChI is InChI=1S/C23H24N6O6S2.Na/c1-11-8-14(35-27-11)7-6-12-9-36-21-17(20(31)29(21)18(12)22(32)33)26-19(30)16(15-10-37-23(24)25-15)28-34-13-4-2-3-5-13;/h6-8,10,13,17,21H,2-5,9H2,1H3,(H2,24,25)(H,26,30)(H,32,33);/q;+1/p-1/b7-6-,28-16-;/t17-,21-;/m1./s1. The van der Waals surface area contributed by atoms with E-state index in [0.29, 0.717) is 17.0 Å². The van der Waals surface area contributed by atoms with Crippen LogP contribution >= 0.6 is 23.1 Å². The second kappa shape index (κ2) is 12.0. The maximum absolute atomic E-state index is 13.2. The number of nitrogen functional groups attached to an aromatic ring is 1. The fourth-order valence-electron chi connectivity index (χ4n) is 4.34. The number of aryl methyl sites for hydroxylation is 1. The molecular formula is C23H23N6NaO6S2. The number of nitrogens with two attached hydrogens (primary N) is 1. The monoisotopic (exact) mass is 566 g/mol. The molecule has 1 aliphatic carbocycles. The minimum atomic E-state index is -1.48. The molecule has 194 valence electrons. The van der Waals surface area contributed by atoms with Crippen molar-refractivity contribution in [3.63, 3.8) is 0 Å². The predicted molar refractivity (Wildman–Crippen MR) is 134 cm³/mol. The normalized spacial score (nSPS) is 21.8. The maximum Gasteiger partial charge on any atom is 1.00 e. The zero-order valence-electron chi connectivity index (χ0n) is 20.7. The number of amides is 2. The molecule has 0 spiro atoms. The van der Waals surface area contributed by atoms with Gasteiger partial charge in [0.25, 0.3) is 11.8 Å². The molecule has 15 heteroatoms. The molecule has 2 aromatic rings. The van der Waals surface area contributed by atoms with E-state index >= 15 is 0 Å². The molecular weight excluding hydrogens is 543 g/mol. The summed E-state index contributed by atoms with van der Waals surface area (Å²) in [7, 11) is 0. The Morgan fingerprint density at radius 1 is 1.34 bits per heavy atom. The number of rotatable bonds is 8. The van der Waals surface area contributed by atoms with Gasteiger partial charge in [0.2, 0.25) is 0 Å². The number of β-lactam (4-membered cyclic amide) rings is 1. The Hall–Kier alpha value is -2.65. The van der Waals surface area contributed by atoms with Crippen LogP contribution in [0.15, 0.2) is 38.5 Å². The van der Waals surface area contributed by atoms with Crippen LogP contribution in [-0.2, 0) is 19.2 Å². The van der Waals surface area contributed by atoms with Gasteiger partial charge in [0.05, 0.1) is 17.4 Å². The van der Waals surface area contributed by atoms with E-state index in [1.807, 2.05) is 0 Å². The number of carbonyl (C=O) groups is 3. The Balaban J connectivity index is 0.00000336. The van der Waals surface area contributed by atoms with Gasteiger partial charge < -0.3 is 30.3 Å². The van der Waals surface area contributed by atoms with Crippen molar-refractivity contribution in [3.8, 4) is 0 Å². The average molecular weight is 567 g/mol. The third-order valence-corrected chi connectivity index (χ3v) is 8.12. The summed E-state index contributed by atoms with van der Waals surface area (Å²) in [4.78, 5) is 49.0.